The van der Waals surface area contributed by atoms with E-state index in [4.69, 9.17) is 0 Å². The third-order valence-electron chi connectivity index (χ3n) is 5.68. The van der Waals surface area contributed by atoms with E-state index in [1.807, 2.05) is 11.9 Å². The van der Waals surface area contributed by atoms with Crippen molar-refractivity contribution in [1.29, 1.82) is 0 Å². The second kappa shape index (κ2) is 11.3. The van der Waals surface area contributed by atoms with Crippen LogP contribution in [-0.2, 0) is 0 Å². The highest BCUT2D eigenvalue weighted by Crippen LogP contribution is 2.39. The second-order valence-corrected chi connectivity index (χ2v) is 9.44. The number of imidazole rings is 1. The van der Waals surface area contributed by atoms with Gasteiger partial charge in [0, 0.05) is 38.1 Å². The number of nitrogens with zero attached hydrogens (tertiary/aromatic N) is 4. The minimum atomic E-state index is -4.56. The van der Waals surface area contributed by atoms with E-state index < -0.39 is 17.7 Å². The van der Waals surface area contributed by atoms with E-state index >= 15 is 0 Å². The van der Waals surface area contributed by atoms with Crippen LogP contribution in [-0.4, -0.2) is 76.6 Å². The van der Waals surface area contributed by atoms with Gasteiger partial charge in [-0.2, -0.15) is 13.2 Å². The Labute approximate surface area is 215 Å². The van der Waals surface area contributed by atoms with Crippen molar-refractivity contribution in [3.05, 3.63) is 47.9 Å². The van der Waals surface area contributed by atoms with Crippen molar-refractivity contribution >= 4 is 34.8 Å². The molecule has 0 bridgehead atoms. The lowest BCUT2D eigenvalue weighted by molar-refractivity contribution is -0.0330. The van der Waals surface area contributed by atoms with Gasteiger partial charge in [0.2, 0.25) is 0 Å². The van der Waals surface area contributed by atoms with E-state index in [9.17, 15) is 22.4 Å². The van der Waals surface area contributed by atoms with Gasteiger partial charge >= 0.3 is 5.51 Å². The van der Waals surface area contributed by atoms with Crippen molar-refractivity contribution in [1.82, 2.24) is 24.6 Å². The number of anilines is 2. The molecule has 3 N–H and O–H groups in total. The van der Waals surface area contributed by atoms with Crippen LogP contribution in [0.5, 0.6) is 0 Å². The molecule has 196 valence electrons. The maximum Gasteiger partial charge on any atom is 0.447 e. The van der Waals surface area contributed by atoms with Crippen LogP contribution in [0.1, 0.15) is 22.6 Å². The van der Waals surface area contributed by atoms with Gasteiger partial charge in [-0.05, 0) is 43.7 Å². The zero-order chi connectivity index (χ0) is 26.6. The Morgan fingerprint density at radius 2 is 2.05 bits per heavy atom. The number of halogens is 4. The zero-order valence-corrected chi connectivity index (χ0v) is 20.9. The Kier molecular flexibility index (Phi) is 8.09. The maximum absolute atomic E-state index is 14.6. The Balaban J connectivity index is 1.59. The van der Waals surface area contributed by atoms with E-state index in [0.717, 1.165) is 0 Å². The average molecular weight is 536 g/mol. The molecular formula is C24H25F4N7OS. The summed E-state index contributed by atoms with van der Waals surface area (Å²) in [5.41, 5.74) is -3.73. The van der Waals surface area contributed by atoms with Crippen LogP contribution in [0.2, 0.25) is 0 Å². The Hall–Kier alpha value is -3.50. The van der Waals surface area contributed by atoms with Gasteiger partial charge in [-0.3, -0.25) is 9.20 Å². The third kappa shape index (κ3) is 6.64. The molecule has 1 aliphatic heterocycles. The molecule has 0 spiro atoms. The third-order valence-corrected chi connectivity index (χ3v) is 6.49. The molecule has 2 atom stereocenters. The van der Waals surface area contributed by atoms with Gasteiger partial charge in [0.15, 0.2) is 5.65 Å². The number of fused-ring (bicyclic) bond motifs is 1. The highest BCUT2D eigenvalue weighted by atomic mass is 32.2. The molecule has 37 heavy (non-hydrogen) atoms. The molecule has 4 heterocycles. The fourth-order valence-corrected chi connectivity index (χ4v) is 4.57. The molecule has 1 fully saturated rings. The first kappa shape index (κ1) is 26.6. The lowest BCUT2D eigenvalue weighted by Gasteiger charge is -2.33. The van der Waals surface area contributed by atoms with Gasteiger partial charge in [0.1, 0.15) is 28.4 Å². The number of pyridine rings is 2. The first-order valence-corrected chi connectivity index (χ1v) is 12.2. The molecule has 13 heteroatoms. The van der Waals surface area contributed by atoms with E-state index in [-0.39, 0.29) is 52.8 Å². The van der Waals surface area contributed by atoms with Crippen LogP contribution in [0.25, 0.3) is 5.65 Å². The summed E-state index contributed by atoms with van der Waals surface area (Å²) in [4.78, 5) is 22.2. The van der Waals surface area contributed by atoms with E-state index in [1.165, 1.54) is 17.6 Å². The summed E-state index contributed by atoms with van der Waals surface area (Å²) >= 11 is -0.307. The summed E-state index contributed by atoms with van der Waals surface area (Å²) in [5.74, 6) is 5.52. The number of alkyl halides is 4. The van der Waals surface area contributed by atoms with Gasteiger partial charge in [0.05, 0.1) is 18.3 Å². The molecule has 8 nitrogen and oxygen atoms in total. The fraction of sp³-hybridized carbons (Fsp3) is 0.375. The SMILES string of the molecule is CNC(=O)c1cccc(NCC#Cc2nc3c(N[C@@H]4CCN(C)C[C@@H]4F)cccn3c2SC(F)(F)F)n1. The first-order chi connectivity index (χ1) is 17.6. The standard InChI is InChI=1S/C24H25F4N7OS/c1-29-22(36)18-6-3-9-20(32-18)30-11-4-7-19-23(37-24(26,27)28)35-12-5-8-17(21(35)33-19)31-16-10-13-34(2)14-15(16)25/h3,5-6,8-9,12,15-16,31H,10-11,13-14H2,1-2H3,(H,29,36)(H,30,32)/t15-,16+/m0/s1. The van der Waals surface area contributed by atoms with Gasteiger partial charge in [-0.25, -0.2) is 14.4 Å². The van der Waals surface area contributed by atoms with Crippen molar-refractivity contribution in [2.24, 2.45) is 0 Å². The number of aromatic nitrogens is 3. The number of piperidine rings is 1. The lowest BCUT2D eigenvalue weighted by atomic mass is 10.0. The molecule has 1 saturated heterocycles. The van der Waals surface area contributed by atoms with Crippen molar-refractivity contribution < 1.29 is 22.4 Å². The average Bonchev–Trinajstić information content (AvgIpc) is 3.20. The number of hydrogen-bond acceptors (Lipinski definition) is 7. The molecule has 3 aromatic rings. The molecular weight excluding hydrogens is 510 g/mol. The molecule has 4 rings (SSSR count). The summed E-state index contributed by atoms with van der Waals surface area (Å²) in [6, 6.07) is 7.62. The van der Waals surface area contributed by atoms with Crippen molar-refractivity contribution in [3.63, 3.8) is 0 Å². The summed E-state index contributed by atoms with van der Waals surface area (Å²) in [6.07, 6.45) is 0.900. The fourth-order valence-electron chi connectivity index (χ4n) is 3.92. The highest BCUT2D eigenvalue weighted by Gasteiger charge is 2.33. The number of rotatable bonds is 6. The minimum absolute atomic E-state index is 0.0504. The topological polar surface area (TPSA) is 86.6 Å². The number of carbonyl (C=O) groups is 1. The quantitative estimate of drug-likeness (QED) is 0.253. The van der Waals surface area contributed by atoms with E-state index in [0.29, 0.717) is 24.5 Å². The molecule has 0 radical (unpaired) electrons. The van der Waals surface area contributed by atoms with Gasteiger partial charge in [0.25, 0.3) is 5.91 Å². The normalized spacial score (nSPS) is 18.2. The highest BCUT2D eigenvalue weighted by molar-refractivity contribution is 8.00. The number of amides is 1. The Morgan fingerprint density at radius 1 is 1.24 bits per heavy atom. The predicted octanol–water partition coefficient (Wildman–Crippen LogP) is 3.62. The van der Waals surface area contributed by atoms with Crippen molar-refractivity contribution in [2.75, 3.05) is 44.4 Å². The van der Waals surface area contributed by atoms with Crippen LogP contribution in [0, 0.1) is 11.8 Å². The van der Waals surface area contributed by atoms with Crippen molar-refractivity contribution in [2.45, 2.75) is 29.2 Å². The van der Waals surface area contributed by atoms with Crippen LogP contribution < -0.4 is 16.0 Å². The molecule has 1 aliphatic rings. The number of likely N-dealkylation sites (tertiary alicyclic amines) is 1. The van der Waals surface area contributed by atoms with E-state index in [2.05, 4.69) is 37.8 Å². The number of carbonyl (C=O) groups excluding carboxylic acids is 1. The van der Waals surface area contributed by atoms with Gasteiger partial charge < -0.3 is 20.9 Å². The van der Waals surface area contributed by atoms with Crippen molar-refractivity contribution in [3.8, 4) is 11.8 Å². The Morgan fingerprint density at radius 3 is 2.78 bits per heavy atom. The smallest absolute Gasteiger partial charge is 0.376 e. The zero-order valence-electron chi connectivity index (χ0n) is 20.1. The molecule has 1 amide bonds. The summed E-state index contributed by atoms with van der Waals surface area (Å²) in [5, 5.41) is 8.35. The largest absolute Gasteiger partial charge is 0.447 e. The molecule has 0 saturated carbocycles. The van der Waals surface area contributed by atoms with E-state index in [1.54, 1.807) is 30.3 Å². The maximum atomic E-state index is 14.6. The second-order valence-electron chi connectivity index (χ2n) is 8.39. The minimum Gasteiger partial charge on any atom is -0.376 e. The molecule has 3 aromatic heterocycles. The summed E-state index contributed by atoms with van der Waals surface area (Å²) < 4.78 is 56.0. The monoisotopic (exact) mass is 535 g/mol. The van der Waals surface area contributed by atoms with Crippen LogP contribution in [0.4, 0.5) is 29.1 Å². The first-order valence-electron chi connectivity index (χ1n) is 11.4. The lowest BCUT2D eigenvalue weighted by Crippen LogP contribution is -2.46. The van der Waals surface area contributed by atoms with Crippen LogP contribution >= 0.6 is 11.8 Å². The van der Waals surface area contributed by atoms with Gasteiger partial charge in [-0.15, -0.1) is 0 Å². The number of nitrogens with one attached hydrogen (secondary N) is 3. The number of hydrogen-bond donors (Lipinski definition) is 3. The predicted molar refractivity (Wildman–Crippen MR) is 135 cm³/mol. The van der Waals surface area contributed by atoms with Crippen LogP contribution in [0.15, 0.2) is 41.6 Å². The molecule has 0 unspecified atom stereocenters. The number of thioether (sulfide) groups is 1. The Bertz CT molecular complexity index is 1330. The van der Waals surface area contributed by atoms with Crippen LogP contribution in [0.3, 0.4) is 0 Å². The summed E-state index contributed by atoms with van der Waals surface area (Å²) in [6.45, 7) is 1.03. The molecule has 0 aromatic carbocycles. The summed E-state index contributed by atoms with van der Waals surface area (Å²) in [7, 11) is 3.33. The van der Waals surface area contributed by atoms with Gasteiger partial charge in [-0.1, -0.05) is 12.0 Å². The molecule has 0 aliphatic carbocycles.